The summed E-state index contributed by atoms with van der Waals surface area (Å²) < 4.78 is 26.2. The summed E-state index contributed by atoms with van der Waals surface area (Å²) in [6.07, 6.45) is 19.9. The number of non-ortho nitro benzene ring substituents is 1. The molecular formula is C55H73N3O11. The van der Waals surface area contributed by atoms with Gasteiger partial charge in [0.2, 0.25) is 11.7 Å². The Morgan fingerprint density at radius 1 is 0.928 bits per heavy atom. The number of oxime groups is 1. The predicted molar refractivity (Wildman–Crippen MR) is 266 cm³/mol. The number of benzene rings is 3. The average Bonchev–Trinajstić information content (AvgIpc) is 3.36. The second-order valence-electron chi connectivity index (χ2n) is 18.7. The Hall–Kier alpha value is -5.57. The summed E-state index contributed by atoms with van der Waals surface area (Å²) in [6, 6.07) is 16.3. The molecule has 1 fully saturated rings. The van der Waals surface area contributed by atoms with E-state index in [-0.39, 0.29) is 62.2 Å². The van der Waals surface area contributed by atoms with Gasteiger partial charge in [0.25, 0.3) is 5.69 Å². The van der Waals surface area contributed by atoms with E-state index >= 15 is 0 Å². The Morgan fingerprint density at radius 2 is 1.61 bits per heavy atom. The fourth-order valence-corrected chi connectivity index (χ4v) is 10.6. The zero-order chi connectivity index (χ0) is 49.2. The summed E-state index contributed by atoms with van der Waals surface area (Å²) in [5.74, 6) is -0.190. The number of aldehydes is 1. The molecular weight excluding hydrogens is 879 g/mol. The number of allylic oxidation sites excluding steroid dienone is 1. The third-order valence-corrected chi connectivity index (χ3v) is 14.1. The molecule has 1 saturated carbocycles. The second kappa shape index (κ2) is 26.4. The van der Waals surface area contributed by atoms with Crippen LogP contribution in [0.25, 0.3) is 0 Å². The Morgan fingerprint density at radius 3 is 2.28 bits per heavy atom. The van der Waals surface area contributed by atoms with Gasteiger partial charge in [0.1, 0.15) is 35.6 Å². The number of carbonyl (C=O) groups is 2. The molecule has 3 aromatic rings. The average molecular weight is 952 g/mol. The standard InChI is InChI=1S/C55H73N3O11/c1-5-7-8-9-10-11-12-13-14-21-52(62)57(3)51-36-48(56-67-38-39-22-24-42(25-23-39)58(63)64)46-34-40(19-15-17-30-59)45(20-16-18-31-60)53-47-35-44(68-43-26-28-49(65-4)41(33-43)37-61)27-29-50(47)69-55(51,54(46)53)66-32-6-2/h6,22-29,33-35,37,40,45,51,53-54,59-60H,2,5,7-21,30-32,36,38H2,1,3-4H3. The van der Waals surface area contributed by atoms with Crippen LogP contribution in [0.5, 0.6) is 23.0 Å². The molecule has 0 aromatic heterocycles. The number of fused-ring (bicyclic) bond motifs is 2. The number of methoxy groups -OCH3 is 1. The van der Waals surface area contributed by atoms with Gasteiger partial charge in [0, 0.05) is 56.7 Å². The smallest absolute Gasteiger partial charge is 0.269 e. The Balaban J connectivity index is 1.45. The van der Waals surface area contributed by atoms with Crippen molar-refractivity contribution in [2.24, 2.45) is 22.9 Å². The molecule has 2 N–H and O–H groups in total. The number of hydrogen-bond donors (Lipinski definition) is 2. The van der Waals surface area contributed by atoms with Gasteiger partial charge in [-0.2, -0.15) is 0 Å². The summed E-state index contributed by atoms with van der Waals surface area (Å²) in [4.78, 5) is 45.4. The molecule has 0 saturated heterocycles. The number of carbonyl (C=O) groups excluding carboxylic acids is 2. The molecule has 69 heavy (non-hydrogen) atoms. The number of hydrogen-bond acceptors (Lipinski definition) is 12. The number of amides is 1. The van der Waals surface area contributed by atoms with Crippen molar-refractivity contribution in [2.45, 2.75) is 140 Å². The third kappa shape index (κ3) is 13.2. The van der Waals surface area contributed by atoms with Crippen molar-refractivity contribution in [1.29, 1.82) is 0 Å². The molecule has 6 unspecified atom stereocenters. The first kappa shape index (κ1) is 52.8. The molecule has 374 valence electrons. The maximum atomic E-state index is 14.5. The van der Waals surface area contributed by atoms with E-state index in [2.05, 4.69) is 19.6 Å². The lowest BCUT2D eigenvalue weighted by Gasteiger charge is -2.59. The highest BCUT2D eigenvalue weighted by Gasteiger charge is 2.65. The fraction of sp³-hybridized carbons (Fsp3) is 0.545. The maximum absolute atomic E-state index is 14.5. The second-order valence-corrected chi connectivity index (χ2v) is 18.7. The first-order valence-electron chi connectivity index (χ1n) is 25.1. The number of unbranched alkanes of at least 4 members (excludes halogenated alkanes) is 10. The molecule has 14 nitrogen and oxygen atoms in total. The molecule has 2 aliphatic carbocycles. The Kier molecular flexibility index (Phi) is 20.2. The van der Waals surface area contributed by atoms with Crippen molar-refractivity contribution in [3.63, 3.8) is 0 Å². The van der Waals surface area contributed by atoms with E-state index in [1.807, 2.05) is 25.2 Å². The van der Waals surface area contributed by atoms with Crippen LogP contribution in [0.1, 0.15) is 143 Å². The van der Waals surface area contributed by atoms with E-state index in [0.29, 0.717) is 59.1 Å². The van der Waals surface area contributed by atoms with Gasteiger partial charge in [-0.25, -0.2) is 0 Å². The van der Waals surface area contributed by atoms with Crippen LogP contribution in [0, 0.1) is 27.9 Å². The molecule has 0 radical (unpaired) electrons. The number of nitro benzene ring substituents is 1. The molecule has 0 spiro atoms. The number of likely N-dealkylation sites (N-methyl/N-ethyl adjacent to an activating group) is 1. The predicted octanol–water partition coefficient (Wildman–Crippen LogP) is 11.4. The molecule has 6 atom stereocenters. The monoisotopic (exact) mass is 952 g/mol. The SMILES string of the molecule is C=CCOC12Oc3ccc(Oc4ccc(OC)c(C=O)c4)cc3C3C(CCCCO)C(CCCCO)C=C(C(=NOCc4ccc([N+](=O)[O-])cc4)CC1N(C)C(=O)CCCCCCCCCCC)C32. The molecule has 3 aromatic carbocycles. The van der Waals surface area contributed by atoms with E-state index < -0.39 is 22.7 Å². The largest absolute Gasteiger partial charge is 0.496 e. The first-order chi connectivity index (χ1) is 33.6. The van der Waals surface area contributed by atoms with Gasteiger partial charge >= 0.3 is 0 Å². The van der Waals surface area contributed by atoms with Gasteiger partial charge in [-0.05, 0) is 104 Å². The molecule has 1 heterocycles. The molecule has 1 amide bonds. The quantitative estimate of drug-likeness (QED) is 0.0213. The lowest BCUT2D eigenvalue weighted by atomic mass is 9.55. The number of aliphatic hydroxyl groups is 2. The highest BCUT2D eigenvalue weighted by Crippen LogP contribution is 2.62. The van der Waals surface area contributed by atoms with Crippen molar-refractivity contribution >= 4 is 23.6 Å². The van der Waals surface area contributed by atoms with Gasteiger partial charge in [-0.3, -0.25) is 19.7 Å². The summed E-state index contributed by atoms with van der Waals surface area (Å²) in [6.45, 7) is 6.58. The van der Waals surface area contributed by atoms with Crippen LogP contribution in [-0.4, -0.2) is 83.7 Å². The molecule has 14 heteroatoms. The van der Waals surface area contributed by atoms with Crippen LogP contribution in [0.15, 0.2) is 90.1 Å². The number of nitrogens with zero attached hydrogens (tertiary/aromatic N) is 3. The number of rotatable bonds is 30. The van der Waals surface area contributed by atoms with Crippen molar-refractivity contribution in [3.8, 4) is 23.0 Å². The van der Waals surface area contributed by atoms with Crippen LogP contribution in [0.3, 0.4) is 0 Å². The van der Waals surface area contributed by atoms with Crippen molar-refractivity contribution in [2.75, 3.05) is 34.0 Å². The van der Waals surface area contributed by atoms with E-state index in [9.17, 15) is 29.9 Å². The van der Waals surface area contributed by atoms with Crippen molar-refractivity contribution < 1.29 is 48.5 Å². The third-order valence-electron chi connectivity index (χ3n) is 14.1. The lowest BCUT2D eigenvalue weighted by Crippen LogP contribution is -2.69. The van der Waals surface area contributed by atoms with E-state index in [4.69, 9.17) is 28.9 Å². The van der Waals surface area contributed by atoms with Crippen LogP contribution in [0.2, 0.25) is 0 Å². The summed E-state index contributed by atoms with van der Waals surface area (Å²) in [5, 5.41) is 36.2. The minimum absolute atomic E-state index is 0.000240. The van der Waals surface area contributed by atoms with E-state index in [0.717, 1.165) is 68.8 Å². The summed E-state index contributed by atoms with van der Waals surface area (Å²) in [5.41, 5.74) is 3.46. The Labute approximate surface area is 407 Å². The van der Waals surface area contributed by atoms with Crippen molar-refractivity contribution in [1.82, 2.24) is 4.90 Å². The minimum atomic E-state index is -1.40. The number of ether oxygens (including phenoxy) is 4. The summed E-state index contributed by atoms with van der Waals surface area (Å²) >= 11 is 0. The normalized spacial score (nSPS) is 21.8. The molecule has 1 aliphatic heterocycles. The number of nitro groups is 1. The lowest BCUT2D eigenvalue weighted by molar-refractivity contribution is -0.384. The first-order valence-corrected chi connectivity index (χ1v) is 25.1. The number of aliphatic hydroxyl groups excluding tert-OH is 2. The molecule has 6 rings (SSSR count). The molecule has 3 aliphatic rings. The zero-order valence-electron chi connectivity index (χ0n) is 40.9. The van der Waals surface area contributed by atoms with E-state index in [1.54, 1.807) is 41.3 Å². The van der Waals surface area contributed by atoms with Gasteiger partial charge in [-0.15, -0.1) is 6.58 Å². The van der Waals surface area contributed by atoms with Gasteiger partial charge < -0.3 is 38.9 Å². The van der Waals surface area contributed by atoms with Crippen LogP contribution >= 0.6 is 0 Å². The highest BCUT2D eigenvalue weighted by atomic mass is 16.7. The zero-order valence-corrected chi connectivity index (χ0v) is 40.9. The van der Waals surface area contributed by atoms with Gasteiger partial charge in [0.15, 0.2) is 6.29 Å². The molecule has 0 bridgehead atoms. The summed E-state index contributed by atoms with van der Waals surface area (Å²) in [7, 11) is 3.34. The van der Waals surface area contributed by atoms with Crippen LogP contribution in [-0.2, 0) is 21.0 Å². The van der Waals surface area contributed by atoms with Crippen LogP contribution in [0.4, 0.5) is 5.69 Å². The highest BCUT2D eigenvalue weighted by molar-refractivity contribution is 6.03. The maximum Gasteiger partial charge on any atom is 0.269 e. The van der Waals surface area contributed by atoms with Crippen molar-refractivity contribution in [3.05, 3.63) is 112 Å². The fourth-order valence-electron chi connectivity index (χ4n) is 10.6. The van der Waals surface area contributed by atoms with E-state index in [1.165, 1.54) is 51.3 Å². The topological polar surface area (TPSA) is 179 Å². The van der Waals surface area contributed by atoms with Gasteiger partial charge in [0.05, 0.1) is 35.8 Å². The van der Waals surface area contributed by atoms with Gasteiger partial charge in [-0.1, -0.05) is 88.4 Å². The minimum Gasteiger partial charge on any atom is -0.496 e. The Bertz CT molecular complexity index is 2230. The van der Waals surface area contributed by atoms with Crippen LogP contribution < -0.4 is 14.2 Å².